The van der Waals surface area contributed by atoms with E-state index in [0.717, 1.165) is 6.42 Å². The zero-order valence-electron chi connectivity index (χ0n) is 25.4. The Kier molecular flexibility index (Phi) is 13.4. The summed E-state index contributed by atoms with van der Waals surface area (Å²) in [5, 5.41) is 8.66. The average molecular weight is 591 g/mol. The number of epoxide rings is 1. The Morgan fingerprint density at radius 3 is 1.31 bits per heavy atom. The molecule has 4 atom stereocenters. The van der Waals surface area contributed by atoms with Gasteiger partial charge in [0.2, 0.25) is 0 Å². The molecule has 0 aromatic carbocycles. The minimum Gasteiger partial charge on any atom is -0.445 e. The Hall–Kier alpha value is -4.00. The van der Waals surface area contributed by atoms with Gasteiger partial charge in [-0.15, -0.1) is 0 Å². The fourth-order valence-electron chi connectivity index (χ4n) is 3.84. The molecule has 5 aliphatic rings. The van der Waals surface area contributed by atoms with Crippen molar-refractivity contribution in [2.75, 3.05) is 0 Å². The summed E-state index contributed by atoms with van der Waals surface area (Å²) in [6.45, 7) is 13.7. The second-order valence-electron chi connectivity index (χ2n) is 10.5. The highest BCUT2D eigenvalue weighted by Crippen LogP contribution is 2.44. The predicted octanol–water partition coefficient (Wildman–Crippen LogP) is 6.27. The molecule has 0 aromatic heterocycles. The first kappa shape index (κ1) is 34.2. The van der Waals surface area contributed by atoms with Crippen LogP contribution in [0.3, 0.4) is 0 Å². The molecule has 3 heterocycles. The summed E-state index contributed by atoms with van der Waals surface area (Å²) in [4.78, 5) is 46.2. The van der Waals surface area contributed by atoms with Crippen LogP contribution in [0.15, 0.2) is 58.8 Å². The first-order valence-electron chi connectivity index (χ1n) is 14.0. The fourth-order valence-corrected chi connectivity index (χ4v) is 3.84. The molecule has 2 saturated heterocycles. The lowest BCUT2D eigenvalue weighted by Gasteiger charge is -2.46. The number of ether oxygens (including phenoxy) is 5. The van der Waals surface area contributed by atoms with E-state index in [1.165, 1.54) is 10.0 Å². The summed E-state index contributed by atoms with van der Waals surface area (Å²) >= 11 is 0. The van der Waals surface area contributed by atoms with Gasteiger partial charge in [0.15, 0.2) is 0 Å². The number of azo groups is 1. The summed E-state index contributed by atoms with van der Waals surface area (Å²) in [7, 11) is 0. The first-order valence-corrected chi connectivity index (χ1v) is 14.0. The van der Waals surface area contributed by atoms with E-state index in [4.69, 9.17) is 14.2 Å². The van der Waals surface area contributed by atoms with Gasteiger partial charge < -0.3 is 23.7 Å². The monoisotopic (exact) mass is 590 g/mol. The van der Waals surface area contributed by atoms with Crippen molar-refractivity contribution < 1.29 is 42.9 Å². The van der Waals surface area contributed by atoms with Gasteiger partial charge >= 0.3 is 24.4 Å². The number of allylic oxidation sites excluding steroid dienone is 6. The lowest BCUT2D eigenvalue weighted by Crippen LogP contribution is -2.66. The largest absolute Gasteiger partial charge is 0.452 e. The summed E-state index contributed by atoms with van der Waals surface area (Å²) in [5.74, 6) is 0. The zero-order chi connectivity index (χ0) is 31.4. The molecule has 0 spiro atoms. The molecule has 4 amide bonds. The Balaban J connectivity index is 0.000000252. The molecule has 42 heavy (non-hydrogen) atoms. The van der Waals surface area contributed by atoms with Gasteiger partial charge in [-0.3, -0.25) is 0 Å². The molecule has 5 rings (SSSR count). The average Bonchev–Trinajstić information content (AvgIpc) is 3.72. The molecule has 4 unspecified atom stereocenters. The number of nitrogens with zero attached hydrogens (tertiary/aromatic N) is 4. The van der Waals surface area contributed by atoms with Crippen molar-refractivity contribution in [3.63, 3.8) is 0 Å². The summed E-state index contributed by atoms with van der Waals surface area (Å²) < 4.78 is 25.3. The fraction of sp³-hybridized carbons (Fsp3) is 0.586. The third-order valence-electron chi connectivity index (χ3n) is 5.35. The van der Waals surface area contributed by atoms with Crippen LogP contribution in [0.25, 0.3) is 0 Å². The summed E-state index contributed by atoms with van der Waals surface area (Å²) in [5.41, 5.74) is 0. The van der Waals surface area contributed by atoms with Crippen LogP contribution in [0.1, 0.15) is 61.8 Å². The van der Waals surface area contributed by atoms with Gasteiger partial charge in [-0.25, -0.2) is 29.2 Å². The van der Waals surface area contributed by atoms with Crippen LogP contribution in [0.2, 0.25) is 0 Å². The highest BCUT2D eigenvalue weighted by atomic mass is 16.6. The van der Waals surface area contributed by atoms with E-state index < -0.39 is 24.4 Å². The van der Waals surface area contributed by atoms with E-state index in [-0.39, 0.29) is 48.7 Å². The van der Waals surface area contributed by atoms with E-state index in [0.29, 0.717) is 0 Å². The molecule has 232 valence electrons. The maximum absolute atomic E-state index is 12.3. The molecule has 0 aromatic rings. The van der Waals surface area contributed by atoms with Crippen LogP contribution in [0.4, 0.5) is 19.2 Å². The number of carbonyl (C=O) groups excluding carboxylic acids is 4. The molecular formula is C29H42N4O9. The normalized spacial score (nSPS) is 22.8. The number of fused-ring (bicyclic) bond motifs is 1. The van der Waals surface area contributed by atoms with Crippen LogP contribution in [0, 0.1) is 0 Å². The third kappa shape index (κ3) is 11.1. The SMILES string of the molecule is C1=CC=CCC=C1.CC(C)OC(=O)N1C2C=CC(C3OC32)N1C(=O)OC(C)C.CC(C)OC(=O)N=NC(=O)OC(C)C. The lowest BCUT2D eigenvalue weighted by molar-refractivity contribution is -0.0781. The molecule has 13 heteroatoms. The van der Waals surface area contributed by atoms with Crippen molar-refractivity contribution in [2.45, 2.75) is 111 Å². The Labute approximate surface area is 246 Å². The zero-order valence-corrected chi connectivity index (χ0v) is 25.4. The highest BCUT2D eigenvalue weighted by molar-refractivity contribution is 5.77. The van der Waals surface area contributed by atoms with Crippen molar-refractivity contribution in [1.29, 1.82) is 0 Å². The maximum atomic E-state index is 12.3. The van der Waals surface area contributed by atoms with Crippen LogP contribution >= 0.6 is 0 Å². The molecule has 13 nitrogen and oxygen atoms in total. The number of amides is 4. The Morgan fingerprint density at radius 1 is 0.619 bits per heavy atom. The summed E-state index contributed by atoms with van der Waals surface area (Å²) in [6.07, 6.45) is 13.1. The minimum atomic E-state index is -0.902. The molecule has 0 N–H and O–H groups in total. The number of carbonyl (C=O) groups is 4. The number of hydrazine groups is 1. The van der Waals surface area contributed by atoms with Gasteiger partial charge in [-0.05, 0) is 61.8 Å². The van der Waals surface area contributed by atoms with Crippen LogP contribution < -0.4 is 0 Å². The molecule has 2 fully saturated rings. The van der Waals surface area contributed by atoms with Crippen molar-refractivity contribution in [3.05, 3.63) is 48.6 Å². The van der Waals surface area contributed by atoms with E-state index in [1.807, 2.05) is 24.3 Å². The van der Waals surface area contributed by atoms with Gasteiger partial charge in [0.25, 0.3) is 0 Å². The molecule has 2 aliphatic carbocycles. The number of hydrogen-bond acceptors (Lipinski definition) is 9. The predicted molar refractivity (Wildman–Crippen MR) is 152 cm³/mol. The van der Waals surface area contributed by atoms with E-state index in [9.17, 15) is 19.2 Å². The van der Waals surface area contributed by atoms with Gasteiger partial charge in [-0.2, -0.15) is 0 Å². The van der Waals surface area contributed by atoms with Crippen molar-refractivity contribution >= 4 is 24.4 Å². The van der Waals surface area contributed by atoms with Crippen molar-refractivity contribution in [2.24, 2.45) is 10.2 Å². The Bertz CT molecular complexity index is 1010. The molecule has 0 saturated carbocycles. The van der Waals surface area contributed by atoms with E-state index >= 15 is 0 Å². The standard InChI is InChI=1S/C14H20N2O5.C8H14N2O4.C7H8/c1-7(2)19-13(17)15-9-5-6-10(12-11(9)21-12)16(15)14(18)20-8(3)4;1-5(2)13-7(11)9-10-8(12)14-6(3)4;1-2-4-6-7-5-3-1/h5-12H,1-4H3;5-6H,1-4H3;1-6H,7H2. The maximum Gasteiger partial charge on any atom is 0.452 e. The molecule has 0 radical (unpaired) electrons. The quantitative estimate of drug-likeness (QED) is 0.160. The highest BCUT2D eigenvalue weighted by Gasteiger charge is 2.63. The summed E-state index contributed by atoms with van der Waals surface area (Å²) in [6, 6.07) is -0.628. The van der Waals surface area contributed by atoms with Gasteiger partial charge in [-0.1, -0.05) is 58.8 Å². The van der Waals surface area contributed by atoms with Gasteiger partial charge in [0.1, 0.15) is 24.3 Å². The van der Waals surface area contributed by atoms with Gasteiger partial charge in [0, 0.05) is 0 Å². The number of hydrogen-bond donors (Lipinski definition) is 0. The van der Waals surface area contributed by atoms with E-state index in [2.05, 4.69) is 44.0 Å². The van der Waals surface area contributed by atoms with Crippen molar-refractivity contribution in [3.8, 4) is 0 Å². The second-order valence-corrected chi connectivity index (χ2v) is 10.5. The lowest BCUT2D eigenvalue weighted by atomic mass is 9.94. The second kappa shape index (κ2) is 16.4. The van der Waals surface area contributed by atoms with E-state index in [1.54, 1.807) is 55.4 Å². The van der Waals surface area contributed by atoms with Crippen LogP contribution in [0.5, 0.6) is 0 Å². The molecule has 3 aliphatic heterocycles. The first-order chi connectivity index (χ1) is 19.8. The number of rotatable bonds is 4. The smallest absolute Gasteiger partial charge is 0.445 e. The molecular weight excluding hydrogens is 548 g/mol. The topological polar surface area (TPSA) is 149 Å². The minimum absolute atomic E-state index is 0.0530. The van der Waals surface area contributed by atoms with Gasteiger partial charge in [0.05, 0.1) is 24.4 Å². The van der Waals surface area contributed by atoms with Crippen LogP contribution in [-0.4, -0.2) is 83.1 Å². The Morgan fingerprint density at radius 2 is 0.976 bits per heavy atom. The van der Waals surface area contributed by atoms with Crippen molar-refractivity contribution in [1.82, 2.24) is 10.0 Å². The third-order valence-corrected chi connectivity index (χ3v) is 5.35. The molecule has 2 bridgehead atoms. The van der Waals surface area contributed by atoms with Crippen LogP contribution in [-0.2, 0) is 23.7 Å².